The number of para-hydroxylation sites is 1. The number of carbonyl (C=O) groups excluding carboxylic acids is 1. The molecule has 0 spiro atoms. The van der Waals surface area contributed by atoms with E-state index in [2.05, 4.69) is 12.2 Å². The normalized spacial score (nSPS) is 11.6. The van der Waals surface area contributed by atoms with E-state index < -0.39 is 6.10 Å². The molecule has 0 saturated carbocycles. The van der Waals surface area contributed by atoms with Crippen LogP contribution in [0.3, 0.4) is 0 Å². The van der Waals surface area contributed by atoms with Gasteiger partial charge in [-0.2, -0.15) is 0 Å². The number of nitrogens with one attached hydrogen (secondary N) is 1. The molecular formula is C19H23NO3. The summed E-state index contributed by atoms with van der Waals surface area (Å²) in [6, 6.07) is 15.0. The standard InChI is InChI=1S/C19H23NO3/c1-4-13-22-17-11-9-16(10-12-17)20-19(21)15(3)23-18-8-6-5-7-14(18)2/h5-12,15H,4,13H2,1-3H3,(H,20,21). The summed E-state index contributed by atoms with van der Waals surface area (Å²) < 4.78 is 11.2. The molecule has 2 rings (SSSR count). The molecule has 1 amide bonds. The van der Waals surface area contributed by atoms with Gasteiger partial charge in [0.15, 0.2) is 6.10 Å². The highest BCUT2D eigenvalue weighted by Crippen LogP contribution is 2.19. The van der Waals surface area contributed by atoms with Crippen molar-refractivity contribution < 1.29 is 14.3 Å². The number of anilines is 1. The van der Waals surface area contributed by atoms with E-state index >= 15 is 0 Å². The van der Waals surface area contributed by atoms with Crippen LogP contribution in [-0.4, -0.2) is 18.6 Å². The number of rotatable bonds is 7. The molecule has 0 heterocycles. The molecule has 23 heavy (non-hydrogen) atoms. The minimum Gasteiger partial charge on any atom is -0.494 e. The molecule has 0 saturated heterocycles. The molecule has 1 atom stereocenters. The molecule has 0 aliphatic heterocycles. The Bertz CT molecular complexity index is 637. The van der Waals surface area contributed by atoms with E-state index in [1.165, 1.54) is 0 Å². The molecule has 0 aromatic heterocycles. The van der Waals surface area contributed by atoms with Gasteiger partial charge in [-0.1, -0.05) is 25.1 Å². The number of amides is 1. The summed E-state index contributed by atoms with van der Waals surface area (Å²) in [4.78, 5) is 12.2. The van der Waals surface area contributed by atoms with Gasteiger partial charge in [0.05, 0.1) is 6.61 Å². The lowest BCUT2D eigenvalue weighted by Gasteiger charge is -2.16. The van der Waals surface area contributed by atoms with E-state index in [4.69, 9.17) is 9.47 Å². The first-order chi connectivity index (χ1) is 11.1. The Kier molecular flexibility index (Phi) is 6.03. The molecule has 122 valence electrons. The second-order valence-electron chi connectivity index (χ2n) is 5.39. The van der Waals surface area contributed by atoms with Gasteiger partial charge in [-0.05, 0) is 56.2 Å². The van der Waals surface area contributed by atoms with Crippen molar-refractivity contribution in [1.29, 1.82) is 0 Å². The second-order valence-corrected chi connectivity index (χ2v) is 5.39. The monoisotopic (exact) mass is 313 g/mol. The summed E-state index contributed by atoms with van der Waals surface area (Å²) in [6.45, 7) is 6.44. The third kappa shape index (κ3) is 5.02. The van der Waals surface area contributed by atoms with Crippen LogP contribution >= 0.6 is 0 Å². The second kappa shape index (κ2) is 8.22. The average Bonchev–Trinajstić information content (AvgIpc) is 2.56. The maximum atomic E-state index is 12.2. The first-order valence-electron chi connectivity index (χ1n) is 7.86. The number of ether oxygens (including phenoxy) is 2. The summed E-state index contributed by atoms with van der Waals surface area (Å²) in [5, 5.41) is 2.85. The van der Waals surface area contributed by atoms with Crippen molar-refractivity contribution in [2.24, 2.45) is 0 Å². The smallest absolute Gasteiger partial charge is 0.265 e. The molecule has 2 aromatic rings. The lowest BCUT2D eigenvalue weighted by Crippen LogP contribution is -2.30. The van der Waals surface area contributed by atoms with Crippen molar-refractivity contribution in [2.45, 2.75) is 33.3 Å². The Labute approximate surface area is 137 Å². The molecular weight excluding hydrogens is 290 g/mol. The van der Waals surface area contributed by atoms with Crippen LogP contribution in [0.1, 0.15) is 25.8 Å². The first-order valence-corrected chi connectivity index (χ1v) is 7.86. The number of carbonyl (C=O) groups is 1. The van der Waals surface area contributed by atoms with Gasteiger partial charge in [-0.15, -0.1) is 0 Å². The first kappa shape index (κ1) is 16.9. The maximum Gasteiger partial charge on any atom is 0.265 e. The minimum atomic E-state index is -0.577. The number of aryl methyl sites for hydroxylation is 1. The summed E-state index contributed by atoms with van der Waals surface area (Å²) in [7, 11) is 0. The van der Waals surface area contributed by atoms with Crippen LogP contribution in [0.15, 0.2) is 48.5 Å². The third-order valence-electron chi connectivity index (χ3n) is 3.36. The van der Waals surface area contributed by atoms with Gasteiger partial charge in [-0.3, -0.25) is 4.79 Å². The lowest BCUT2D eigenvalue weighted by molar-refractivity contribution is -0.122. The fourth-order valence-electron chi connectivity index (χ4n) is 2.03. The molecule has 1 N–H and O–H groups in total. The zero-order chi connectivity index (χ0) is 16.7. The van der Waals surface area contributed by atoms with Crippen molar-refractivity contribution in [3.63, 3.8) is 0 Å². The molecule has 2 aromatic carbocycles. The predicted octanol–water partition coefficient (Wildman–Crippen LogP) is 4.19. The molecule has 0 bridgehead atoms. The highest BCUT2D eigenvalue weighted by atomic mass is 16.5. The van der Waals surface area contributed by atoms with E-state index in [0.717, 1.165) is 29.2 Å². The van der Waals surface area contributed by atoms with Crippen LogP contribution in [0.5, 0.6) is 11.5 Å². The van der Waals surface area contributed by atoms with Gasteiger partial charge in [0.2, 0.25) is 0 Å². The van der Waals surface area contributed by atoms with Crippen molar-refractivity contribution >= 4 is 11.6 Å². The Balaban J connectivity index is 1.91. The minimum absolute atomic E-state index is 0.185. The van der Waals surface area contributed by atoms with Gasteiger partial charge in [-0.25, -0.2) is 0 Å². The van der Waals surface area contributed by atoms with E-state index in [9.17, 15) is 4.79 Å². The van der Waals surface area contributed by atoms with Crippen LogP contribution in [0.4, 0.5) is 5.69 Å². The highest BCUT2D eigenvalue weighted by molar-refractivity contribution is 5.94. The van der Waals surface area contributed by atoms with Crippen LogP contribution < -0.4 is 14.8 Å². The van der Waals surface area contributed by atoms with E-state index in [0.29, 0.717) is 6.61 Å². The Morgan fingerprint density at radius 2 is 1.83 bits per heavy atom. The molecule has 1 unspecified atom stereocenters. The molecule has 4 heteroatoms. The molecule has 0 fully saturated rings. The Hall–Kier alpha value is -2.49. The topological polar surface area (TPSA) is 47.6 Å². The fourth-order valence-corrected chi connectivity index (χ4v) is 2.03. The Morgan fingerprint density at radius 1 is 1.13 bits per heavy atom. The fraction of sp³-hybridized carbons (Fsp3) is 0.316. The Morgan fingerprint density at radius 3 is 2.48 bits per heavy atom. The van der Waals surface area contributed by atoms with Crippen LogP contribution in [-0.2, 0) is 4.79 Å². The van der Waals surface area contributed by atoms with Crippen molar-refractivity contribution in [2.75, 3.05) is 11.9 Å². The van der Waals surface area contributed by atoms with Gasteiger partial charge in [0, 0.05) is 5.69 Å². The number of hydrogen-bond donors (Lipinski definition) is 1. The van der Waals surface area contributed by atoms with Gasteiger partial charge < -0.3 is 14.8 Å². The van der Waals surface area contributed by atoms with Gasteiger partial charge in [0.1, 0.15) is 11.5 Å². The summed E-state index contributed by atoms with van der Waals surface area (Å²) >= 11 is 0. The largest absolute Gasteiger partial charge is 0.494 e. The number of hydrogen-bond acceptors (Lipinski definition) is 3. The van der Waals surface area contributed by atoms with Crippen molar-refractivity contribution in [3.8, 4) is 11.5 Å². The third-order valence-corrected chi connectivity index (χ3v) is 3.36. The molecule has 0 aliphatic rings. The van der Waals surface area contributed by atoms with Crippen molar-refractivity contribution in [3.05, 3.63) is 54.1 Å². The molecule has 0 radical (unpaired) electrons. The van der Waals surface area contributed by atoms with Crippen LogP contribution in [0.2, 0.25) is 0 Å². The summed E-state index contributed by atoms with van der Waals surface area (Å²) in [5.74, 6) is 1.34. The zero-order valence-corrected chi connectivity index (χ0v) is 13.8. The SMILES string of the molecule is CCCOc1ccc(NC(=O)C(C)Oc2ccccc2C)cc1. The predicted molar refractivity (Wildman–Crippen MR) is 92.1 cm³/mol. The van der Waals surface area contributed by atoms with Crippen LogP contribution in [0.25, 0.3) is 0 Å². The quantitative estimate of drug-likeness (QED) is 0.833. The zero-order valence-electron chi connectivity index (χ0n) is 13.8. The molecule has 0 aliphatic carbocycles. The lowest BCUT2D eigenvalue weighted by atomic mass is 10.2. The highest BCUT2D eigenvalue weighted by Gasteiger charge is 2.15. The van der Waals surface area contributed by atoms with Gasteiger partial charge in [0.25, 0.3) is 5.91 Å². The van der Waals surface area contributed by atoms with Crippen LogP contribution in [0, 0.1) is 6.92 Å². The average molecular weight is 313 g/mol. The maximum absolute atomic E-state index is 12.2. The molecule has 4 nitrogen and oxygen atoms in total. The van der Waals surface area contributed by atoms with Gasteiger partial charge >= 0.3 is 0 Å². The van der Waals surface area contributed by atoms with E-state index in [1.807, 2.05) is 55.5 Å². The van der Waals surface area contributed by atoms with E-state index in [-0.39, 0.29) is 5.91 Å². The number of benzene rings is 2. The summed E-state index contributed by atoms with van der Waals surface area (Å²) in [5.41, 5.74) is 1.73. The summed E-state index contributed by atoms with van der Waals surface area (Å²) in [6.07, 6.45) is 0.388. The van der Waals surface area contributed by atoms with Crippen molar-refractivity contribution in [1.82, 2.24) is 0 Å². The van der Waals surface area contributed by atoms with E-state index in [1.54, 1.807) is 6.92 Å².